The number of carbonyl (C=O) groups is 1. The average molecular weight is 404 g/mol. The monoisotopic (exact) mass is 403 g/mol. The number of esters is 1. The molecule has 1 saturated heterocycles. The Bertz CT molecular complexity index is 605. The summed E-state index contributed by atoms with van der Waals surface area (Å²) in [6, 6.07) is 10.3. The SMILES string of the molecule is CCN1CCN(C(C)CCC(=O)OCc2ccccc2)CC(C)(N(CC)CC)C1. The molecule has 1 aliphatic heterocycles. The number of likely N-dealkylation sites (N-methyl/N-ethyl adjacent to an activating group) is 2. The van der Waals surface area contributed by atoms with E-state index in [1.807, 2.05) is 30.3 Å². The zero-order valence-electron chi connectivity index (χ0n) is 19.2. The lowest BCUT2D eigenvalue weighted by atomic mass is 9.97. The molecule has 0 bridgehead atoms. The number of carbonyl (C=O) groups excluding carboxylic acids is 1. The van der Waals surface area contributed by atoms with Crippen LogP contribution in [-0.2, 0) is 16.1 Å². The minimum Gasteiger partial charge on any atom is -0.461 e. The van der Waals surface area contributed by atoms with Crippen LogP contribution in [0.3, 0.4) is 0 Å². The molecular weight excluding hydrogens is 362 g/mol. The molecule has 1 aromatic carbocycles. The normalized spacial score (nSPS) is 22.4. The molecule has 1 fully saturated rings. The van der Waals surface area contributed by atoms with Gasteiger partial charge in [-0.1, -0.05) is 51.1 Å². The molecule has 29 heavy (non-hydrogen) atoms. The summed E-state index contributed by atoms with van der Waals surface area (Å²) in [5, 5.41) is 0. The van der Waals surface area contributed by atoms with Gasteiger partial charge in [0.05, 0.1) is 0 Å². The van der Waals surface area contributed by atoms with Crippen LogP contribution in [0.4, 0.5) is 0 Å². The van der Waals surface area contributed by atoms with Crippen molar-refractivity contribution in [3.05, 3.63) is 35.9 Å². The molecule has 0 spiro atoms. The lowest BCUT2D eigenvalue weighted by molar-refractivity contribution is -0.145. The van der Waals surface area contributed by atoms with Crippen molar-refractivity contribution in [1.29, 1.82) is 0 Å². The van der Waals surface area contributed by atoms with Crippen molar-refractivity contribution in [2.75, 3.05) is 45.8 Å². The maximum Gasteiger partial charge on any atom is 0.306 e. The van der Waals surface area contributed by atoms with Crippen LogP contribution in [0.25, 0.3) is 0 Å². The Balaban J connectivity index is 1.90. The average Bonchev–Trinajstić information content (AvgIpc) is 2.91. The van der Waals surface area contributed by atoms with Crippen LogP contribution >= 0.6 is 0 Å². The molecule has 1 heterocycles. The molecule has 2 rings (SSSR count). The molecule has 1 aliphatic rings. The molecule has 5 heteroatoms. The van der Waals surface area contributed by atoms with Gasteiger partial charge in [-0.05, 0) is 45.5 Å². The Morgan fingerprint density at radius 3 is 2.45 bits per heavy atom. The fourth-order valence-corrected chi connectivity index (χ4v) is 4.55. The maximum absolute atomic E-state index is 12.2. The van der Waals surface area contributed by atoms with E-state index in [1.54, 1.807) is 0 Å². The van der Waals surface area contributed by atoms with E-state index in [2.05, 4.69) is 49.3 Å². The Morgan fingerprint density at radius 1 is 1.14 bits per heavy atom. The van der Waals surface area contributed by atoms with E-state index in [9.17, 15) is 4.79 Å². The highest BCUT2D eigenvalue weighted by atomic mass is 16.5. The van der Waals surface area contributed by atoms with Crippen LogP contribution in [0.1, 0.15) is 53.0 Å². The number of hydrogen-bond donors (Lipinski definition) is 0. The van der Waals surface area contributed by atoms with E-state index in [0.717, 1.165) is 57.8 Å². The van der Waals surface area contributed by atoms with Gasteiger partial charge in [0.1, 0.15) is 6.61 Å². The summed E-state index contributed by atoms with van der Waals surface area (Å²) >= 11 is 0. The van der Waals surface area contributed by atoms with Gasteiger partial charge in [0, 0.05) is 44.2 Å². The largest absolute Gasteiger partial charge is 0.461 e. The van der Waals surface area contributed by atoms with Gasteiger partial charge in [-0.3, -0.25) is 14.6 Å². The highest BCUT2D eigenvalue weighted by Crippen LogP contribution is 2.24. The first kappa shape index (κ1) is 23.8. The predicted octanol–water partition coefficient (Wildman–Crippen LogP) is 3.64. The topological polar surface area (TPSA) is 36.0 Å². The Labute approximate surface area is 178 Å². The second-order valence-corrected chi connectivity index (χ2v) is 8.54. The number of nitrogens with zero attached hydrogens (tertiary/aromatic N) is 3. The second-order valence-electron chi connectivity index (χ2n) is 8.54. The molecule has 0 amide bonds. The molecule has 2 unspecified atom stereocenters. The zero-order valence-corrected chi connectivity index (χ0v) is 19.2. The Hall–Kier alpha value is -1.43. The summed E-state index contributed by atoms with van der Waals surface area (Å²) in [5.74, 6) is -0.0998. The van der Waals surface area contributed by atoms with E-state index < -0.39 is 0 Å². The van der Waals surface area contributed by atoms with Gasteiger partial charge >= 0.3 is 5.97 Å². The summed E-state index contributed by atoms with van der Waals surface area (Å²) in [6.45, 7) is 19.3. The smallest absolute Gasteiger partial charge is 0.306 e. The molecule has 0 radical (unpaired) electrons. The minimum atomic E-state index is -0.0998. The maximum atomic E-state index is 12.2. The zero-order chi connectivity index (χ0) is 21.3. The van der Waals surface area contributed by atoms with Crippen LogP contribution < -0.4 is 0 Å². The van der Waals surface area contributed by atoms with Crippen molar-refractivity contribution in [3.63, 3.8) is 0 Å². The molecule has 0 N–H and O–H groups in total. The lowest BCUT2D eigenvalue weighted by Gasteiger charge is -2.44. The summed E-state index contributed by atoms with van der Waals surface area (Å²) in [7, 11) is 0. The van der Waals surface area contributed by atoms with E-state index >= 15 is 0 Å². The van der Waals surface area contributed by atoms with E-state index in [0.29, 0.717) is 19.1 Å². The molecule has 2 atom stereocenters. The van der Waals surface area contributed by atoms with Crippen molar-refractivity contribution in [2.45, 2.75) is 65.6 Å². The Morgan fingerprint density at radius 2 is 1.83 bits per heavy atom. The van der Waals surface area contributed by atoms with Crippen LogP contribution in [0, 0.1) is 0 Å². The standard InChI is InChI=1S/C24H41N3O2/c1-6-25-16-17-26(20-24(5,19-25)27(7-2)8-3)21(4)14-15-23(28)29-18-22-12-10-9-11-13-22/h9-13,21H,6-8,14-20H2,1-5H3. The van der Waals surface area contributed by atoms with Crippen molar-refractivity contribution < 1.29 is 9.53 Å². The van der Waals surface area contributed by atoms with Gasteiger partial charge in [-0.2, -0.15) is 0 Å². The molecule has 0 aromatic heterocycles. The molecule has 0 saturated carbocycles. The molecule has 5 nitrogen and oxygen atoms in total. The fourth-order valence-electron chi connectivity index (χ4n) is 4.55. The van der Waals surface area contributed by atoms with Gasteiger partial charge in [0.25, 0.3) is 0 Å². The number of rotatable bonds is 10. The minimum absolute atomic E-state index is 0.0998. The fraction of sp³-hybridized carbons (Fsp3) is 0.708. The highest BCUT2D eigenvalue weighted by molar-refractivity contribution is 5.69. The van der Waals surface area contributed by atoms with E-state index in [1.165, 1.54) is 0 Å². The lowest BCUT2D eigenvalue weighted by Crippen LogP contribution is -2.58. The second kappa shape index (κ2) is 11.7. The van der Waals surface area contributed by atoms with Gasteiger partial charge in [-0.15, -0.1) is 0 Å². The third kappa shape index (κ3) is 7.09. The van der Waals surface area contributed by atoms with Crippen LogP contribution in [-0.4, -0.2) is 78.1 Å². The van der Waals surface area contributed by atoms with Crippen molar-refractivity contribution in [3.8, 4) is 0 Å². The first-order valence-corrected chi connectivity index (χ1v) is 11.3. The van der Waals surface area contributed by atoms with Gasteiger partial charge in [0.15, 0.2) is 0 Å². The summed E-state index contributed by atoms with van der Waals surface area (Å²) in [4.78, 5) is 20.0. The Kier molecular flexibility index (Phi) is 9.60. The number of hydrogen-bond acceptors (Lipinski definition) is 5. The first-order valence-electron chi connectivity index (χ1n) is 11.3. The number of benzene rings is 1. The van der Waals surface area contributed by atoms with E-state index in [4.69, 9.17) is 4.74 Å². The summed E-state index contributed by atoms with van der Waals surface area (Å²) < 4.78 is 5.47. The molecular formula is C24H41N3O2. The predicted molar refractivity (Wildman–Crippen MR) is 120 cm³/mol. The third-order valence-corrected chi connectivity index (χ3v) is 6.42. The van der Waals surface area contributed by atoms with Crippen LogP contribution in [0.2, 0.25) is 0 Å². The van der Waals surface area contributed by atoms with Gasteiger partial charge in [0.2, 0.25) is 0 Å². The van der Waals surface area contributed by atoms with Crippen LogP contribution in [0.5, 0.6) is 0 Å². The highest BCUT2D eigenvalue weighted by Gasteiger charge is 2.37. The molecule has 164 valence electrons. The first-order chi connectivity index (χ1) is 13.9. The number of ether oxygens (including phenoxy) is 1. The van der Waals surface area contributed by atoms with Gasteiger partial charge in [-0.25, -0.2) is 0 Å². The summed E-state index contributed by atoms with van der Waals surface area (Å²) in [6.07, 6.45) is 1.32. The van der Waals surface area contributed by atoms with Gasteiger partial charge < -0.3 is 9.64 Å². The molecule has 1 aromatic rings. The van der Waals surface area contributed by atoms with Crippen molar-refractivity contribution in [2.24, 2.45) is 0 Å². The van der Waals surface area contributed by atoms with E-state index in [-0.39, 0.29) is 11.5 Å². The quantitative estimate of drug-likeness (QED) is 0.558. The summed E-state index contributed by atoms with van der Waals surface area (Å²) in [5.41, 5.74) is 1.18. The van der Waals surface area contributed by atoms with Crippen molar-refractivity contribution >= 4 is 5.97 Å². The van der Waals surface area contributed by atoms with Crippen LogP contribution in [0.15, 0.2) is 30.3 Å². The van der Waals surface area contributed by atoms with Crippen molar-refractivity contribution in [1.82, 2.24) is 14.7 Å². The molecule has 0 aliphatic carbocycles. The third-order valence-electron chi connectivity index (χ3n) is 6.42.